The van der Waals surface area contributed by atoms with Crippen molar-refractivity contribution in [2.24, 2.45) is 0 Å². The summed E-state index contributed by atoms with van der Waals surface area (Å²) >= 11 is 7.38. The van der Waals surface area contributed by atoms with Gasteiger partial charge in [0.05, 0.1) is 20.9 Å². The van der Waals surface area contributed by atoms with Crippen LogP contribution in [-0.2, 0) is 4.79 Å². The fourth-order valence-corrected chi connectivity index (χ4v) is 2.82. The Morgan fingerprint density at radius 2 is 1.95 bits per heavy atom. The van der Waals surface area contributed by atoms with Gasteiger partial charge in [-0.3, -0.25) is 14.9 Å². The number of non-ortho nitro benzene ring substituents is 1. The van der Waals surface area contributed by atoms with Gasteiger partial charge in [-0.1, -0.05) is 29.8 Å². The number of hydrogen-bond donors (Lipinski definition) is 1. The summed E-state index contributed by atoms with van der Waals surface area (Å²) in [5.41, 5.74) is 0.243. The van der Waals surface area contributed by atoms with Gasteiger partial charge in [0, 0.05) is 17.0 Å². The zero-order valence-corrected chi connectivity index (χ0v) is 13.2. The molecule has 1 amide bonds. The second-order valence-corrected chi connectivity index (χ2v) is 6.31. The van der Waals surface area contributed by atoms with Crippen LogP contribution in [0, 0.1) is 10.1 Å². The molecule has 2 rings (SSSR count). The second-order valence-electron chi connectivity index (χ2n) is 4.48. The van der Waals surface area contributed by atoms with Crippen LogP contribution in [0.1, 0.15) is 6.92 Å². The van der Waals surface area contributed by atoms with Crippen molar-refractivity contribution in [1.29, 1.82) is 0 Å². The number of rotatable bonds is 5. The number of anilines is 1. The minimum Gasteiger partial charge on any atom is -0.324 e. The molecule has 5 nitrogen and oxygen atoms in total. The Bertz CT molecular complexity index is 694. The van der Waals surface area contributed by atoms with Crippen molar-refractivity contribution in [3.63, 3.8) is 0 Å². The number of hydrogen-bond acceptors (Lipinski definition) is 4. The molecule has 1 atom stereocenters. The van der Waals surface area contributed by atoms with Crippen LogP contribution in [0.15, 0.2) is 53.4 Å². The van der Waals surface area contributed by atoms with Crippen molar-refractivity contribution in [3.05, 3.63) is 63.7 Å². The Hall–Kier alpha value is -2.05. The lowest BCUT2D eigenvalue weighted by molar-refractivity contribution is -0.384. The molecule has 0 aliphatic heterocycles. The molecular weight excluding hydrogens is 324 g/mol. The van der Waals surface area contributed by atoms with Gasteiger partial charge in [-0.25, -0.2) is 0 Å². The predicted molar refractivity (Wildman–Crippen MR) is 88.5 cm³/mol. The molecule has 0 unspecified atom stereocenters. The Morgan fingerprint density at radius 1 is 1.27 bits per heavy atom. The number of nitrogens with zero attached hydrogens (tertiary/aromatic N) is 1. The molecule has 0 aliphatic carbocycles. The Balaban J connectivity index is 2.04. The van der Waals surface area contributed by atoms with Gasteiger partial charge in [0.25, 0.3) is 5.69 Å². The predicted octanol–water partition coefficient (Wildman–Crippen LogP) is 4.37. The molecule has 0 spiro atoms. The zero-order valence-electron chi connectivity index (χ0n) is 11.7. The van der Waals surface area contributed by atoms with E-state index in [-0.39, 0.29) is 21.9 Å². The number of nitro groups is 1. The van der Waals surface area contributed by atoms with E-state index in [0.717, 1.165) is 4.90 Å². The van der Waals surface area contributed by atoms with Crippen LogP contribution < -0.4 is 5.32 Å². The molecule has 0 aromatic heterocycles. The van der Waals surface area contributed by atoms with Crippen molar-refractivity contribution >= 4 is 40.6 Å². The lowest BCUT2D eigenvalue weighted by atomic mass is 10.2. The molecule has 0 aliphatic rings. The molecule has 0 heterocycles. The van der Waals surface area contributed by atoms with Gasteiger partial charge in [0.2, 0.25) is 5.91 Å². The quantitative estimate of drug-likeness (QED) is 0.500. The second kappa shape index (κ2) is 7.29. The number of nitro benzene ring substituents is 1. The molecule has 7 heteroatoms. The van der Waals surface area contributed by atoms with E-state index < -0.39 is 4.92 Å². The molecular formula is C15H13ClN2O3S. The molecule has 0 fully saturated rings. The van der Waals surface area contributed by atoms with Crippen LogP contribution in [0.3, 0.4) is 0 Å². The normalized spacial score (nSPS) is 11.7. The van der Waals surface area contributed by atoms with Crippen molar-refractivity contribution < 1.29 is 9.72 Å². The number of nitrogens with one attached hydrogen (secondary N) is 1. The van der Waals surface area contributed by atoms with Crippen LogP contribution in [0.5, 0.6) is 0 Å². The van der Waals surface area contributed by atoms with E-state index in [4.69, 9.17) is 11.6 Å². The topological polar surface area (TPSA) is 72.2 Å². The first-order valence-corrected chi connectivity index (χ1v) is 7.69. The average molecular weight is 337 g/mol. The molecule has 0 radical (unpaired) electrons. The van der Waals surface area contributed by atoms with Crippen LogP contribution in [-0.4, -0.2) is 16.1 Å². The van der Waals surface area contributed by atoms with E-state index in [9.17, 15) is 14.9 Å². The molecule has 114 valence electrons. The minimum absolute atomic E-state index is 0.116. The van der Waals surface area contributed by atoms with Crippen molar-refractivity contribution in [1.82, 2.24) is 0 Å². The third kappa shape index (κ3) is 4.22. The van der Waals surface area contributed by atoms with Gasteiger partial charge in [-0.05, 0) is 25.1 Å². The summed E-state index contributed by atoms with van der Waals surface area (Å²) < 4.78 is 0. The van der Waals surface area contributed by atoms with Crippen molar-refractivity contribution in [3.8, 4) is 0 Å². The van der Waals surface area contributed by atoms with E-state index in [1.165, 1.54) is 30.0 Å². The van der Waals surface area contributed by atoms with Crippen LogP contribution in [0.4, 0.5) is 11.4 Å². The molecule has 0 bridgehead atoms. The summed E-state index contributed by atoms with van der Waals surface area (Å²) in [7, 11) is 0. The highest BCUT2D eigenvalue weighted by Gasteiger charge is 2.17. The number of amides is 1. The highest BCUT2D eigenvalue weighted by atomic mass is 35.5. The van der Waals surface area contributed by atoms with Crippen LogP contribution in [0.25, 0.3) is 0 Å². The fourth-order valence-electron chi connectivity index (χ4n) is 1.71. The summed E-state index contributed by atoms with van der Waals surface area (Å²) in [4.78, 5) is 23.3. The summed E-state index contributed by atoms with van der Waals surface area (Å²) in [5.74, 6) is -0.218. The summed E-state index contributed by atoms with van der Waals surface area (Å²) in [5, 5.41) is 13.1. The minimum atomic E-state index is -0.536. The molecule has 0 saturated heterocycles. The first-order chi connectivity index (χ1) is 10.5. The number of carbonyl (C=O) groups excluding carboxylic acids is 1. The zero-order chi connectivity index (χ0) is 16.1. The lowest BCUT2D eigenvalue weighted by Gasteiger charge is -2.12. The maximum Gasteiger partial charge on any atom is 0.271 e. The molecule has 0 saturated carbocycles. The Kier molecular flexibility index (Phi) is 5.41. The van der Waals surface area contributed by atoms with E-state index in [2.05, 4.69) is 5.32 Å². The highest BCUT2D eigenvalue weighted by Crippen LogP contribution is 2.28. The number of halogens is 1. The Labute approximate surface area is 136 Å². The maximum atomic E-state index is 12.2. The monoisotopic (exact) mass is 336 g/mol. The van der Waals surface area contributed by atoms with Crippen LogP contribution >= 0.6 is 23.4 Å². The van der Waals surface area contributed by atoms with Crippen LogP contribution in [0.2, 0.25) is 5.02 Å². The average Bonchev–Trinajstić information content (AvgIpc) is 2.50. The summed E-state index contributed by atoms with van der Waals surface area (Å²) in [6.07, 6.45) is 0. The largest absolute Gasteiger partial charge is 0.324 e. The lowest BCUT2D eigenvalue weighted by Crippen LogP contribution is -2.22. The molecule has 2 aromatic rings. The SMILES string of the molecule is C[C@@H](Sc1ccccc1)C(=O)Nc1ccc([N+](=O)[O-])cc1Cl. The van der Waals surface area contributed by atoms with E-state index in [0.29, 0.717) is 5.69 Å². The van der Waals surface area contributed by atoms with Crippen molar-refractivity contribution in [2.45, 2.75) is 17.1 Å². The summed E-state index contributed by atoms with van der Waals surface area (Å²) in [6, 6.07) is 13.5. The van der Waals surface area contributed by atoms with E-state index >= 15 is 0 Å². The molecule has 1 N–H and O–H groups in total. The first-order valence-electron chi connectivity index (χ1n) is 6.44. The van der Waals surface area contributed by atoms with E-state index in [1.54, 1.807) is 6.92 Å². The number of thioether (sulfide) groups is 1. The third-order valence-electron chi connectivity index (χ3n) is 2.85. The van der Waals surface area contributed by atoms with Gasteiger partial charge in [0.1, 0.15) is 0 Å². The first kappa shape index (κ1) is 16.3. The number of carbonyl (C=O) groups is 1. The standard InChI is InChI=1S/C15H13ClN2O3S/c1-10(22-12-5-3-2-4-6-12)15(19)17-14-8-7-11(18(20)21)9-13(14)16/h2-10H,1H3,(H,17,19)/t10-/m1/s1. The third-order valence-corrected chi connectivity index (χ3v) is 4.27. The smallest absolute Gasteiger partial charge is 0.271 e. The van der Waals surface area contributed by atoms with E-state index in [1.807, 2.05) is 30.3 Å². The maximum absolute atomic E-state index is 12.2. The number of benzene rings is 2. The highest BCUT2D eigenvalue weighted by molar-refractivity contribution is 8.00. The Morgan fingerprint density at radius 3 is 2.55 bits per heavy atom. The van der Waals surface area contributed by atoms with Crippen molar-refractivity contribution in [2.75, 3.05) is 5.32 Å². The van der Waals surface area contributed by atoms with Gasteiger partial charge >= 0.3 is 0 Å². The van der Waals surface area contributed by atoms with Gasteiger partial charge in [-0.2, -0.15) is 0 Å². The summed E-state index contributed by atoms with van der Waals surface area (Å²) in [6.45, 7) is 1.78. The fraction of sp³-hybridized carbons (Fsp3) is 0.133. The van der Waals surface area contributed by atoms with Gasteiger partial charge < -0.3 is 5.32 Å². The van der Waals surface area contributed by atoms with Gasteiger partial charge in [0.15, 0.2) is 0 Å². The molecule has 22 heavy (non-hydrogen) atoms. The molecule has 2 aromatic carbocycles. The van der Waals surface area contributed by atoms with Gasteiger partial charge in [-0.15, -0.1) is 11.8 Å².